The fourth-order valence-electron chi connectivity index (χ4n) is 2.03. The predicted molar refractivity (Wildman–Crippen MR) is 64.9 cm³/mol. The molecular weight excluding hydrogens is 257 g/mol. The van der Waals surface area contributed by atoms with Gasteiger partial charge in [-0.25, -0.2) is 12.8 Å². The number of hydrogen-bond acceptors (Lipinski definition) is 3. The average Bonchev–Trinajstić information content (AvgIpc) is 2.33. The zero-order chi connectivity index (χ0) is 13.3. The number of rotatable bonds is 2. The van der Waals surface area contributed by atoms with Crippen molar-refractivity contribution in [2.75, 3.05) is 13.1 Å². The Morgan fingerprint density at radius 1 is 1.39 bits per heavy atom. The molecule has 2 atom stereocenters. The van der Waals surface area contributed by atoms with Crippen LogP contribution >= 0.6 is 0 Å². The third kappa shape index (κ3) is 2.41. The van der Waals surface area contributed by atoms with Crippen LogP contribution in [0.5, 0.6) is 0 Å². The number of nitrogens with zero attached hydrogens (tertiary/aromatic N) is 1. The van der Waals surface area contributed by atoms with Crippen LogP contribution in [0.15, 0.2) is 29.2 Å². The molecule has 4 nitrogen and oxygen atoms in total. The standard InChI is InChI=1S/C12H16FNO3S/c1-9-6-7-14(8-11(9)15)18(16,17)12-5-3-2-4-10(12)13/h2-5,9,11,15H,6-8H2,1H3. The molecule has 0 aliphatic carbocycles. The lowest BCUT2D eigenvalue weighted by atomic mass is 9.98. The van der Waals surface area contributed by atoms with Crippen molar-refractivity contribution < 1.29 is 17.9 Å². The van der Waals surface area contributed by atoms with E-state index in [9.17, 15) is 17.9 Å². The molecule has 2 unspecified atom stereocenters. The van der Waals surface area contributed by atoms with Gasteiger partial charge in [-0.1, -0.05) is 19.1 Å². The number of benzene rings is 1. The maximum absolute atomic E-state index is 13.5. The summed E-state index contributed by atoms with van der Waals surface area (Å²) >= 11 is 0. The Bertz CT molecular complexity index is 532. The van der Waals surface area contributed by atoms with Gasteiger partial charge in [0, 0.05) is 13.1 Å². The Labute approximate surface area is 106 Å². The minimum Gasteiger partial charge on any atom is -0.391 e. The van der Waals surface area contributed by atoms with Crippen LogP contribution in [0.4, 0.5) is 4.39 Å². The predicted octanol–water partition coefficient (Wildman–Crippen LogP) is 1.22. The summed E-state index contributed by atoms with van der Waals surface area (Å²) in [5.41, 5.74) is 0. The molecule has 1 fully saturated rings. The minimum absolute atomic E-state index is 0.0256. The van der Waals surface area contributed by atoms with Crippen LogP contribution < -0.4 is 0 Å². The molecule has 18 heavy (non-hydrogen) atoms. The van der Waals surface area contributed by atoms with E-state index >= 15 is 0 Å². The third-order valence-electron chi connectivity index (χ3n) is 3.34. The quantitative estimate of drug-likeness (QED) is 0.881. The largest absolute Gasteiger partial charge is 0.391 e. The summed E-state index contributed by atoms with van der Waals surface area (Å²) in [6.07, 6.45) is -0.116. The highest BCUT2D eigenvalue weighted by molar-refractivity contribution is 7.89. The van der Waals surface area contributed by atoms with Gasteiger partial charge < -0.3 is 5.11 Å². The second-order valence-corrected chi connectivity index (χ2v) is 6.53. The van der Waals surface area contributed by atoms with E-state index < -0.39 is 21.9 Å². The van der Waals surface area contributed by atoms with E-state index in [1.807, 2.05) is 6.92 Å². The van der Waals surface area contributed by atoms with E-state index in [1.165, 1.54) is 18.2 Å². The van der Waals surface area contributed by atoms with E-state index in [-0.39, 0.29) is 17.4 Å². The molecule has 0 saturated carbocycles. The lowest BCUT2D eigenvalue weighted by Crippen LogP contribution is -2.45. The van der Waals surface area contributed by atoms with Crippen molar-refractivity contribution >= 4 is 10.0 Å². The SMILES string of the molecule is CC1CCN(S(=O)(=O)c2ccccc2F)CC1O. The summed E-state index contributed by atoms with van der Waals surface area (Å²) in [5, 5.41) is 9.73. The van der Waals surface area contributed by atoms with Crippen molar-refractivity contribution in [1.82, 2.24) is 4.31 Å². The summed E-state index contributed by atoms with van der Waals surface area (Å²) in [7, 11) is -3.85. The van der Waals surface area contributed by atoms with Gasteiger partial charge in [-0.3, -0.25) is 0 Å². The van der Waals surface area contributed by atoms with Gasteiger partial charge >= 0.3 is 0 Å². The summed E-state index contributed by atoms with van der Waals surface area (Å²) in [4.78, 5) is -0.327. The van der Waals surface area contributed by atoms with Gasteiger partial charge in [0.2, 0.25) is 10.0 Å². The molecule has 0 spiro atoms. The second kappa shape index (κ2) is 4.95. The fourth-order valence-corrected chi connectivity index (χ4v) is 3.57. The van der Waals surface area contributed by atoms with Gasteiger partial charge in [0.25, 0.3) is 0 Å². The zero-order valence-corrected chi connectivity index (χ0v) is 10.9. The number of sulfonamides is 1. The van der Waals surface area contributed by atoms with Crippen molar-refractivity contribution in [3.63, 3.8) is 0 Å². The highest BCUT2D eigenvalue weighted by Gasteiger charge is 2.33. The molecule has 0 aromatic heterocycles. The highest BCUT2D eigenvalue weighted by atomic mass is 32.2. The van der Waals surface area contributed by atoms with E-state index in [2.05, 4.69) is 0 Å². The molecular formula is C12H16FNO3S. The van der Waals surface area contributed by atoms with Gasteiger partial charge in [-0.15, -0.1) is 0 Å². The van der Waals surface area contributed by atoms with Crippen molar-refractivity contribution in [3.8, 4) is 0 Å². The fraction of sp³-hybridized carbons (Fsp3) is 0.500. The third-order valence-corrected chi connectivity index (χ3v) is 5.23. The molecule has 1 aliphatic heterocycles. The van der Waals surface area contributed by atoms with E-state index in [4.69, 9.17) is 0 Å². The van der Waals surface area contributed by atoms with Gasteiger partial charge in [0.15, 0.2) is 0 Å². The summed E-state index contributed by atoms with van der Waals surface area (Å²) in [6, 6.07) is 5.30. The number of hydrogen-bond donors (Lipinski definition) is 1. The first-order valence-corrected chi connectivity index (χ1v) is 7.29. The molecule has 100 valence electrons. The molecule has 6 heteroatoms. The molecule has 0 amide bonds. The molecule has 1 N–H and O–H groups in total. The molecule has 0 bridgehead atoms. The van der Waals surface area contributed by atoms with Crippen LogP contribution in [0.25, 0.3) is 0 Å². The van der Waals surface area contributed by atoms with Crippen molar-refractivity contribution in [2.24, 2.45) is 5.92 Å². The topological polar surface area (TPSA) is 57.6 Å². The maximum Gasteiger partial charge on any atom is 0.246 e. The van der Waals surface area contributed by atoms with Crippen LogP contribution in [0, 0.1) is 11.7 Å². The molecule has 1 aliphatic rings. The van der Waals surface area contributed by atoms with E-state index in [1.54, 1.807) is 0 Å². The number of aliphatic hydroxyl groups excluding tert-OH is 1. The highest BCUT2D eigenvalue weighted by Crippen LogP contribution is 2.25. The summed E-state index contributed by atoms with van der Waals surface area (Å²) in [6.45, 7) is 2.21. The van der Waals surface area contributed by atoms with Gasteiger partial charge in [0.05, 0.1) is 6.10 Å². The Balaban J connectivity index is 2.30. The van der Waals surface area contributed by atoms with Crippen molar-refractivity contribution in [2.45, 2.75) is 24.3 Å². The van der Waals surface area contributed by atoms with Crippen LogP contribution in [0.2, 0.25) is 0 Å². The van der Waals surface area contributed by atoms with Crippen LogP contribution in [0.3, 0.4) is 0 Å². The lowest BCUT2D eigenvalue weighted by molar-refractivity contribution is 0.0604. The Morgan fingerprint density at radius 3 is 2.67 bits per heavy atom. The van der Waals surface area contributed by atoms with Crippen LogP contribution in [-0.4, -0.2) is 37.0 Å². The Kier molecular flexibility index (Phi) is 3.70. The molecule has 1 aromatic carbocycles. The lowest BCUT2D eigenvalue weighted by Gasteiger charge is -2.33. The van der Waals surface area contributed by atoms with Crippen LogP contribution in [0.1, 0.15) is 13.3 Å². The molecule has 1 heterocycles. The summed E-state index contributed by atoms with van der Waals surface area (Å²) < 4.78 is 39.2. The number of piperidine rings is 1. The average molecular weight is 273 g/mol. The first-order chi connectivity index (χ1) is 8.43. The van der Waals surface area contributed by atoms with Crippen LogP contribution in [-0.2, 0) is 10.0 Å². The monoisotopic (exact) mass is 273 g/mol. The first kappa shape index (κ1) is 13.5. The number of aliphatic hydroxyl groups is 1. The van der Waals surface area contributed by atoms with Crippen molar-refractivity contribution in [1.29, 1.82) is 0 Å². The normalized spacial score (nSPS) is 26.2. The van der Waals surface area contributed by atoms with Gasteiger partial charge in [0.1, 0.15) is 10.7 Å². The molecule has 0 radical (unpaired) electrons. The second-order valence-electron chi connectivity index (χ2n) is 4.63. The molecule has 1 aromatic rings. The molecule has 1 saturated heterocycles. The Morgan fingerprint density at radius 2 is 2.06 bits per heavy atom. The van der Waals surface area contributed by atoms with E-state index in [0.29, 0.717) is 13.0 Å². The van der Waals surface area contributed by atoms with Gasteiger partial charge in [-0.2, -0.15) is 4.31 Å². The summed E-state index contributed by atoms with van der Waals surface area (Å²) in [5.74, 6) is -0.692. The van der Waals surface area contributed by atoms with Gasteiger partial charge in [-0.05, 0) is 24.5 Å². The molecule has 2 rings (SSSR count). The first-order valence-electron chi connectivity index (χ1n) is 5.85. The zero-order valence-electron chi connectivity index (χ0n) is 10.1. The number of halogens is 1. The Hall–Kier alpha value is -0.980. The smallest absolute Gasteiger partial charge is 0.246 e. The van der Waals surface area contributed by atoms with E-state index in [0.717, 1.165) is 10.4 Å². The number of β-amino-alcohol motifs (C(OH)–C–C–N with tert-alkyl or cyclic N) is 1. The minimum atomic E-state index is -3.85. The van der Waals surface area contributed by atoms with Crippen molar-refractivity contribution in [3.05, 3.63) is 30.1 Å². The maximum atomic E-state index is 13.5.